The van der Waals surface area contributed by atoms with Crippen LogP contribution in [0.2, 0.25) is 0 Å². The van der Waals surface area contributed by atoms with Crippen LogP contribution >= 0.6 is 0 Å². The Morgan fingerprint density at radius 3 is 0.879 bits per heavy atom. The number of rotatable bonds is 6. The van der Waals surface area contributed by atoms with Crippen LogP contribution in [0.1, 0.15) is 0 Å². The highest BCUT2D eigenvalue weighted by molar-refractivity contribution is 5.34. The smallest absolute Gasteiger partial charge is 0.201 e. The van der Waals surface area contributed by atoms with Gasteiger partial charge in [-0.3, -0.25) is 0 Å². The van der Waals surface area contributed by atoms with Crippen molar-refractivity contribution in [2.24, 2.45) is 0 Å². The van der Waals surface area contributed by atoms with E-state index in [2.05, 4.69) is 0 Å². The summed E-state index contributed by atoms with van der Waals surface area (Å²) in [5.74, 6) is -58.2. The molecular weight excluding hydrogens is 550 g/mol. The molecule has 0 nitrogen and oxygen atoms in total. The Balaban J connectivity index is 7.47. The molecule has 0 fully saturated rings. The van der Waals surface area contributed by atoms with Crippen molar-refractivity contribution < 1.29 is 96.6 Å². The summed E-state index contributed by atoms with van der Waals surface area (Å²) in [6, 6.07) is 0. The molecule has 0 aromatic rings. The van der Waals surface area contributed by atoms with E-state index in [1.807, 2.05) is 0 Å². The Hall–Kier alpha value is -1.80. The Kier molecular flexibility index (Phi) is 7.19. The Bertz CT molecular complexity index is 753. The topological polar surface area (TPSA) is 0 Å². The molecule has 0 aliphatic heterocycles. The highest BCUT2D eigenvalue weighted by atomic mass is 19.4. The molecule has 0 radical (unpaired) electrons. The predicted octanol–water partition coefficient (Wildman–Crippen LogP) is 7.71. The molecule has 198 valence electrons. The summed E-state index contributed by atoms with van der Waals surface area (Å²) in [4.78, 5) is 0. The van der Waals surface area contributed by atoms with Gasteiger partial charge in [0.25, 0.3) is 0 Å². The summed E-state index contributed by atoms with van der Waals surface area (Å²) >= 11 is 0. The van der Waals surface area contributed by atoms with Crippen molar-refractivity contribution in [3.05, 3.63) is 11.4 Å². The average molecular weight is 550 g/mol. The van der Waals surface area contributed by atoms with E-state index in [0.717, 1.165) is 0 Å². The fraction of sp³-hybridized carbons (Fsp3) is 0.818. The molecule has 0 aromatic heterocycles. The lowest BCUT2D eigenvalue weighted by Crippen LogP contribution is -2.71. The van der Waals surface area contributed by atoms with Crippen LogP contribution < -0.4 is 0 Å². The fourth-order valence-electron chi connectivity index (χ4n) is 1.68. The van der Waals surface area contributed by atoms with Crippen LogP contribution in [0.15, 0.2) is 11.4 Å². The number of hydrogen-bond donors (Lipinski definition) is 0. The van der Waals surface area contributed by atoms with Gasteiger partial charge < -0.3 is 0 Å². The summed E-state index contributed by atoms with van der Waals surface area (Å²) < 4.78 is 278. The quantitative estimate of drug-likeness (QED) is 0.298. The lowest BCUT2D eigenvalue weighted by molar-refractivity contribution is -0.439. The van der Waals surface area contributed by atoms with E-state index < -0.39 is 65.5 Å². The number of alkyl halides is 21. The minimum absolute atomic E-state index is 5.63. The Labute approximate surface area is 163 Å². The molecule has 0 amide bonds. The van der Waals surface area contributed by atoms with Crippen molar-refractivity contribution in [1.29, 1.82) is 0 Å². The highest BCUT2D eigenvalue weighted by Crippen LogP contribution is 2.64. The maximum absolute atomic E-state index is 13.5. The van der Waals surface area contributed by atoms with Gasteiger partial charge >= 0.3 is 54.1 Å². The third-order valence-electron chi connectivity index (χ3n) is 3.39. The molecule has 0 bridgehead atoms. The van der Waals surface area contributed by atoms with Gasteiger partial charge in [-0.25, -0.2) is 4.39 Å². The minimum Gasteiger partial charge on any atom is -0.201 e. The number of hydrogen-bond acceptors (Lipinski definition) is 0. The largest absolute Gasteiger partial charge is 0.460 e. The van der Waals surface area contributed by atoms with Crippen molar-refractivity contribution >= 4 is 0 Å². The molecule has 0 saturated carbocycles. The van der Waals surface area contributed by atoms with Gasteiger partial charge in [-0.2, -0.15) is 92.2 Å². The summed E-state index contributed by atoms with van der Waals surface area (Å²) in [6.07, 6.45) is -23.6. The van der Waals surface area contributed by atoms with Gasteiger partial charge in [-0.05, 0) is 0 Å². The zero-order valence-electron chi connectivity index (χ0n) is 13.8. The molecule has 0 aliphatic carbocycles. The van der Waals surface area contributed by atoms with Crippen molar-refractivity contribution in [3.8, 4) is 0 Å². The molecule has 0 aliphatic rings. The third-order valence-corrected chi connectivity index (χ3v) is 3.39. The van der Waals surface area contributed by atoms with E-state index in [-0.39, 0.29) is 0 Å². The predicted molar refractivity (Wildman–Crippen MR) is 56.0 cm³/mol. The van der Waals surface area contributed by atoms with Gasteiger partial charge in [0.2, 0.25) is 5.83 Å². The maximum atomic E-state index is 13.5. The number of allylic oxidation sites excluding steroid dienone is 2. The molecule has 0 saturated heterocycles. The minimum atomic E-state index is -9.08. The average Bonchev–Trinajstić information content (AvgIpc) is 2.50. The number of halogens is 22. The van der Waals surface area contributed by atoms with E-state index in [0.29, 0.717) is 0 Å². The lowest BCUT2D eigenvalue weighted by Gasteiger charge is -2.41. The van der Waals surface area contributed by atoms with Crippen molar-refractivity contribution in [2.45, 2.75) is 54.1 Å². The lowest BCUT2D eigenvalue weighted by atomic mass is 9.87. The normalized spacial score (nSPS) is 17.3. The summed E-state index contributed by atoms with van der Waals surface area (Å²) in [5.41, 5.74) is -6.02. The van der Waals surface area contributed by atoms with E-state index in [1.54, 1.807) is 0 Å². The second kappa shape index (κ2) is 7.60. The first-order chi connectivity index (χ1) is 13.8. The second-order valence-electron chi connectivity index (χ2n) is 5.63. The summed E-state index contributed by atoms with van der Waals surface area (Å²) in [6.45, 7) is 0. The van der Waals surface area contributed by atoms with Crippen molar-refractivity contribution in [2.75, 3.05) is 0 Å². The van der Waals surface area contributed by atoms with Crippen molar-refractivity contribution in [1.82, 2.24) is 0 Å². The molecule has 33 heavy (non-hydrogen) atoms. The Morgan fingerprint density at radius 1 is 0.333 bits per heavy atom. The molecule has 0 unspecified atom stereocenters. The standard InChI is InChI=1S/C11F22/c12-2(5(17,18)19)1(4(15,16)10(28,29)30)3(13,14)6(20,21)7(22,23)8(24,25)9(26,27)11(31,32)33. The first-order valence-corrected chi connectivity index (χ1v) is 6.66. The van der Waals surface area contributed by atoms with Crippen LogP contribution in [0, 0.1) is 0 Å². The molecule has 0 heterocycles. The van der Waals surface area contributed by atoms with Crippen LogP contribution in [0.5, 0.6) is 0 Å². The van der Waals surface area contributed by atoms with Crippen LogP contribution in [0.4, 0.5) is 96.6 Å². The summed E-state index contributed by atoms with van der Waals surface area (Å²) in [5, 5.41) is 0. The fourth-order valence-corrected chi connectivity index (χ4v) is 1.68. The van der Waals surface area contributed by atoms with Crippen molar-refractivity contribution in [3.63, 3.8) is 0 Å². The molecule has 0 rings (SSSR count). The molecular formula is C11F22. The molecule has 0 spiro atoms. The van der Waals surface area contributed by atoms with Crippen LogP contribution in [0.3, 0.4) is 0 Å². The van der Waals surface area contributed by atoms with Gasteiger partial charge in [0.1, 0.15) is 5.57 Å². The molecule has 0 N–H and O–H groups in total. The van der Waals surface area contributed by atoms with E-state index in [9.17, 15) is 96.6 Å². The first kappa shape index (κ1) is 31.2. The van der Waals surface area contributed by atoms with E-state index in [4.69, 9.17) is 0 Å². The summed E-state index contributed by atoms with van der Waals surface area (Å²) in [7, 11) is 0. The van der Waals surface area contributed by atoms with Gasteiger partial charge in [0.15, 0.2) is 0 Å². The van der Waals surface area contributed by atoms with Crippen LogP contribution in [-0.2, 0) is 0 Å². The van der Waals surface area contributed by atoms with Crippen LogP contribution in [-0.4, -0.2) is 54.1 Å². The first-order valence-electron chi connectivity index (χ1n) is 6.66. The van der Waals surface area contributed by atoms with Gasteiger partial charge in [0.05, 0.1) is 0 Å². The van der Waals surface area contributed by atoms with E-state index >= 15 is 0 Å². The maximum Gasteiger partial charge on any atom is 0.460 e. The Morgan fingerprint density at radius 2 is 0.636 bits per heavy atom. The van der Waals surface area contributed by atoms with Gasteiger partial charge in [0, 0.05) is 0 Å². The van der Waals surface area contributed by atoms with Crippen LogP contribution in [0.25, 0.3) is 0 Å². The molecule has 22 heteroatoms. The monoisotopic (exact) mass is 550 g/mol. The van der Waals surface area contributed by atoms with Gasteiger partial charge in [-0.15, -0.1) is 0 Å². The zero-order valence-corrected chi connectivity index (χ0v) is 13.8. The SMILES string of the molecule is FC(=C(C(F)(F)C(F)(F)F)C(F)(F)C(F)(F)C(F)(F)C(F)(F)C(F)(F)C(F)(F)F)C(F)(F)F. The highest BCUT2D eigenvalue weighted by Gasteiger charge is 2.92. The zero-order chi connectivity index (χ0) is 27.7. The van der Waals surface area contributed by atoms with E-state index in [1.165, 1.54) is 0 Å². The molecule has 0 aromatic carbocycles. The third kappa shape index (κ3) is 4.36. The molecule has 0 atom stereocenters. The van der Waals surface area contributed by atoms with Gasteiger partial charge in [-0.1, -0.05) is 0 Å². The second-order valence-corrected chi connectivity index (χ2v) is 5.63.